The Morgan fingerprint density at radius 2 is 1.86 bits per heavy atom. The van der Waals surface area contributed by atoms with E-state index in [4.69, 9.17) is 9.47 Å². The summed E-state index contributed by atoms with van der Waals surface area (Å²) in [5, 5.41) is 0. The maximum atomic E-state index is 12.1. The number of hydrogen-bond acceptors (Lipinski definition) is 4. The van der Waals surface area contributed by atoms with Crippen LogP contribution in [0.5, 0.6) is 5.75 Å². The Kier molecular flexibility index (Phi) is 6.02. The first-order valence-electron chi connectivity index (χ1n) is 7.37. The van der Waals surface area contributed by atoms with E-state index in [1.54, 1.807) is 31.4 Å². The molecule has 0 aromatic heterocycles. The van der Waals surface area contributed by atoms with Crippen molar-refractivity contribution < 1.29 is 17.9 Å². The van der Waals surface area contributed by atoms with Gasteiger partial charge in [-0.2, -0.15) is 0 Å². The highest BCUT2D eigenvalue weighted by Gasteiger charge is 2.17. The third kappa shape index (κ3) is 4.98. The number of rotatable bonds is 8. The fourth-order valence-electron chi connectivity index (χ4n) is 2.40. The van der Waals surface area contributed by atoms with Crippen LogP contribution in [0.1, 0.15) is 32.1 Å². The van der Waals surface area contributed by atoms with Crippen LogP contribution in [0.3, 0.4) is 0 Å². The van der Waals surface area contributed by atoms with E-state index in [1.165, 1.54) is 12.8 Å². The number of sulfonamides is 1. The average Bonchev–Trinajstić information content (AvgIpc) is 2.97. The van der Waals surface area contributed by atoms with Crippen LogP contribution in [0, 0.1) is 0 Å². The molecule has 21 heavy (non-hydrogen) atoms. The highest BCUT2D eigenvalue weighted by Crippen LogP contribution is 2.24. The molecular formula is C15H23NO4S. The third-order valence-electron chi connectivity index (χ3n) is 3.56. The summed E-state index contributed by atoms with van der Waals surface area (Å²) < 4.78 is 37.4. The average molecular weight is 313 g/mol. The van der Waals surface area contributed by atoms with Crippen LogP contribution in [0.2, 0.25) is 0 Å². The molecule has 1 aliphatic carbocycles. The van der Waals surface area contributed by atoms with Crippen LogP contribution in [-0.2, 0) is 14.8 Å². The van der Waals surface area contributed by atoms with Gasteiger partial charge >= 0.3 is 0 Å². The van der Waals surface area contributed by atoms with Crippen molar-refractivity contribution in [3.8, 4) is 5.75 Å². The van der Waals surface area contributed by atoms with Crippen LogP contribution < -0.4 is 9.46 Å². The standard InChI is InChI=1S/C15H23NO4S/c1-19-12-4-11-16-21(17,18)15-9-7-14(8-10-15)20-13-5-2-3-6-13/h7-10,13,16H,2-6,11-12H2,1H3. The van der Waals surface area contributed by atoms with Crippen LogP contribution in [-0.4, -0.2) is 34.8 Å². The predicted octanol–water partition coefficient (Wildman–Crippen LogP) is 2.32. The van der Waals surface area contributed by atoms with Crippen LogP contribution in [0.25, 0.3) is 0 Å². The number of benzene rings is 1. The summed E-state index contributed by atoms with van der Waals surface area (Å²) in [6, 6.07) is 6.62. The topological polar surface area (TPSA) is 64.6 Å². The molecule has 0 unspecified atom stereocenters. The number of hydrogen-bond donors (Lipinski definition) is 1. The molecule has 0 heterocycles. The fraction of sp³-hybridized carbons (Fsp3) is 0.600. The molecule has 0 saturated heterocycles. The zero-order valence-electron chi connectivity index (χ0n) is 12.4. The molecule has 0 amide bonds. The summed E-state index contributed by atoms with van der Waals surface area (Å²) in [6.07, 6.45) is 5.52. The van der Waals surface area contributed by atoms with Crippen LogP contribution in [0.4, 0.5) is 0 Å². The lowest BCUT2D eigenvalue weighted by atomic mass is 10.3. The number of nitrogens with one attached hydrogen (secondary N) is 1. The van der Waals surface area contributed by atoms with Gasteiger partial charge in [0.1, 0.15) is 5.75 Å². The van der Waals surface area contributed by atoms with Gasteiger partial charge in [-0.15, -0.1) is 0 Å². The lowest BCUT2D eigenvalue weighted by Gasteiger charge is -2.13. The second kappa shape index (κ2) is 7.77. The van der Waals surface area contributed by atoms with Crippen molar-refractivity contribution in [2.75, 3.05) is 20.3 Å². The zero-order chi connectivity index (χ0) is 15.1. The molecule has 5 nitrogen and oxygen atoms in total. The molecule has 0 spiro atoms. The van der Waals surface area contributed by atoms with Crippen LogP contribution in [0.15, 0.2) is 29.2 Å². The lowest BCUT2D eigenvalue weighted by Crippen LogP contribution is -2.25. The van der Waals surface area contributed by atoms with E-state index in [-0.39, 0.29) is 11.0 Å². The van der Waals surface area contributed by atoms with E-state index in [0.29, 0.717) is 19.6 Å². The molecule has 1 saturated carbocycles. The molecule has 0 aliphatic heterocycles. The monoisotopic (exact) mass is 313 g/mol. The Labute approximate surface area is 126 Å². The van der Waals surface area contributed by atoms with E-state index in [1.807, 2.05) is 0 Å². The minimum Gasteiger partial charge on any atom is -0.490 e. The molecular weight excluding hydrogens is 290 g/mol. The molecule has 1 aliphatic rings. The van der Waals surface area contributed by atoms with Crippen LogP contribution >= 0.6 is 0 Å². The first-order valence-corrected chi connectivity index (χ1v) is 8.85. The van der Waals surface area contributed by atoms with Crippen molar-refractivity contribution in [3.63, 3.8) is 0 Å². The van der Waals surface area contributed by atoms with Gasteiger partial charge in [0.2, 0.25) is 10.0 Å². The summed E-state index contributed by atoms with van der Waals surface area (Å²) in [5.41, 5.74) is 0. The van der Waals surface area contributed by atoms with Gasteiger partial charge in [0.25, 0.3) is 0 Å². The second-order valence-corrected chi connectivity index (χ2v) is 7.01. The van der Waals surface area contributed by atoms with Crippen molar-refractivity contribution >= 4 is 10.0 Å². The Bertz CT molecular complexity index is 521. The molecule has 1 aromatic carbocycles. The lowest BCUT2D eigenvalue weighted by molar-refractivity contribution is 0.196. The van der Waals surface area contributed by atoms with Crippen molar-refractivity contribution in [2.45, 2.75) is 43.1 Å². The van der Waals surface area contributed by atoms with Crippen molar-refractivity contribution in [2.24, 2.45) is 0 Å². The van der Waals surface area contributed by atoms with Crippen molar-refractivity contribution in [1.82, 2.24) is 4.72 Å². The van der Waals surface area contributed by atoms with Gasteiger partial charge in [0.05, 0.1) is 11.0 Å². The van der Waals surface area contributed by atoms with Gasteiger partial charge in [-0.25, -0.2) is 13.1 Å². The van der Waals surface area contributed by atoms with E-state index < -0.39 is 10.0 Å². The normalized spacial score (nSPS) is 16.2. The van der Waals surface area contributed by atoms with Gasteiger partial charge < -0.3 is 9.47 Å². The molecule has 0 atom stereocenters. The highest BCUT2D eigenvalue weighted by molar-refractivity contribution is 7.89. The molecule has 2 rings (SSSR count). The molecule has 0 radical (unpaired) electrons. The molecule has 1 fully saturated rings. The summed E-state index contributed by atoms with van der Waals surface area (Å²) in [7, 11) is -1.85. The Hall–Kier alpha value is -1.11. The SMILES string of the molecule is COCCCNS(=O)(=O)c1ccc(OC2CCCC2)cc1. The van der Waals surface area contributed by atoms with E-state index >= 15 is 0 Å². The molecule has 1 N–H and O–H groups in total. The first-order chi connectivity index (χ1) is 10.1. The molecule has 1 aromatic rings. The number of ether oxygens (including phenoxy) is 2. The minimum atomic E-state index is -3.45. The number of methoxy groups -OCH3 is 1. The molecule has 0 bridgehead atoms. The van der Waals surface area contributed by atoms with E-state index in [0.717, 1.165) is 18.6 Å². The Morgan fingerprint density at radius 1 is 1.19 bits per heavy atom. The highest BCUT2D eigenvalue weighted by atomic mass is 32.2. The third-order valence-corrected chi connectivity index (χ3v) is 5.03. The molecule has 6 heteroatoms. The fourth-order valence-corrected chi connectivity index (χ4v) is 3.48. The van der Waals surface area contributed by atoms with E-state index in [2.05, 4.69) is 4.72 Å². The summed E-state index contributed by atoms with van der Waals surface area (Å²) in [5.74, 6) is 0.736. The summed E-state index contributed by atoms with van der Waals surface area (Å²) in [4.78, 5) is 0.263. The van der Waals surface area contributed by atoms with Crippen molar-refractivity contribution in [1.29, 1.82) is 0 Å². The van der Waals surface area contributed by atoms with Gasteiger partial charge in [-0.05, 0) is 56.4 Å². The summed E-state index contributed by atoms with van der Waals surface area (Å²) in [6.45, 7) is 0.910. The van der Waals surface area contributed by atoms with Gasteiger partial charge in [0, 0.05) is 20.3 Å². The van der Waals surface area contributed by atoms with E-state index in [9.17, 15) is 8.42 Å². The smallest absolute Gasteiger partial charge is 0.240 e. The molecule has 118 valence electrons. The van der Waals surface area contributed by atoms with Crippen molar-refractivity contribution in [3.05, 3.63) is 24.3 Å². The quantitative estimate of drug-likeness (QED) is 0.748. The first kappa shape index (κ1) is 16.3. The maximum Gasteiger partial charge on any atom is 0.240 e. The zero-order valence-corrected chi connectivity index (χ0v) is 13.2. The Balaban J connectivity index is 1.90. The summed E-state index contributed by atoms with van der Waals surface area (Å²) >= 11 is 0. The predicted molar refractivity (Wildman–Crippen MR) is 81.0 cm³/mol. The van der Waals surface area contributed by atoms with Gasteiger partial charge in [-0.1, -0.05) is 0 Å². The maximum absolute atomic E-state index is 12.1. The van der Waals surface area contributed by atoms with Gasteiger partial charge in [-0.3, -0.25) is 0 Å². The Morgan fingerprint density at radius 3 is 2.48 bits per heavy atom. The second-order valence-electron chi connectivity index (χ2n) is 5.24. The van der Waals surface area contributed by atoms with Gasteiger partial charge in [0.15, 0.2) is 0 Å². The largest absolute Gasteiger partial charge is 0.490 e. The minimum absolute atomic E-state index is 0.263.